The number of hydrogen-bond acceptors (Lipinski definition) is 4. The van der Waals surface area contributed by atoms with Crippen molar-refractivity contribution in [3.63, 3.8) is 0 Å². The number of nitrogens with zero attached hydrogens (tertiary/aromatic N) is 1. The molecular weight excluding hydrogens is 260 g/mol. The molecule has 1 saturated carbocycles. The molecule has 96 valence electrons. The number of ether oxygens (including phenoxy) is 1. The van der Waals surface area contributed by atoms with Gasteiger partial charge in [-0.25, -0.2) is 0 Å². The van der Waals surface area contributed by atoms with E-state index >= 15 is 0 Å². The van der Waals surface area contributed by atoms with Crippen LogP contribution in [-0.4, -0.2) is 23.5 Å². The maximum Gasteiger partial charge on any atom is 0.311 e. The summed E-state index contributed by atoms with van der Waals surface area (Å²) in [7, 11) is 0. The zero-order valence-electron chi connectivity index (χ0n) is 9.39. The molecule has 1 fully saturated rings. The van der Waals surface area contributed by atoms with Gasteiger partial charge in [0.2, 0.25) is 0 Å². The van der Waals surface area contributed by atoms with Crippen LogP contribution in [0.4, 0.5) is 5.69 Å². The van der Waals surface area contributed by atoms with E-state index in [0.29, 0.717) is 5.02 Å². The number of carbonyl (C=O) groups excluding carboxylic acids is 1. The topological polar surface area (TPSA) is 81.5 Å². The summed E-state index contributed by atoms with van der Waals surface area (Å²) >= 11 is 5.73. The maximum absolute atomic E-state index is 11.4. The minimum atomic E-state index is -0.579. The van der Waals surface area contributed by atoms with Crippen molar-refractivity contribution in [2.75, 3.05) is 6.61 Å². The number of halogens is 1. The van der Waals surface area contributed by atoms with Crippen LogP contribution in [0.25, 0.3) is 0 Å². The monoisotopic (exact) mass is 270 g/mol. The number of rotatable bonds is 5. The molecule has 1 aromatic carbocycles. The normalized spacial score (nSPS) is 14.1. The fraction of sp³-hybridized carbons (Fsp3) is 0.364. The van der Waals surface area contributed by atoms with E-state index in [-0.39, 0.29) is 30.0 Å². The van der Waals surface area contributed by atoms with Crippen molar-refractivity contribution in [1.82, 2.24) is 5.32 Å². The highest BCUT2D eigenvalue weighted by atomic mass is 35.5. The van der Waals surface area contributed by atoms with Gasteiger partial charge >= 0.3 is 5.69 Å². The highest BCUT2D eigenvalue weighted by Gasteiger charge is 2.24. The molecule has 1 amide bonds. The zero-order chi connectivity index (χ0) is 13.1. The molecule has 1 aliphatic carbocycles. The summed E-state index contributed by atoms with van der Waals surface area (Å²) in [5, 5.41) is 13.8. The number of nitrogens with one attached hydrogen (secondary N) is 1. The quantitative estimate of drug-likeness (QED) is 0.654. The Morgan fingerprint density at radius 1 is 1.56 bits per heavy atom. The van der Waals surface area contributed by atoms with E-state index in [2.05, 4.69) is 5.32 Å². The minimum Gasteiger partial charge on any atom is -0.477 e. The summed E-state index contributed by atoms with van der Waals surface area (Å²) in [5.41, 5.74) is -0.210. The first-order valence-corrected chi connectivity index (χ1v) is 5.80. The lowest BCUT2D eigenvalue weighted by atomic mass is 10.3. The van der Waals surface area contributed by atoms with Gasteiger partial charge in [0.15, 0.2) is 12.4 Å². The summed E-state index contributed by atoms with van der Waals surface area (Å²) in [6, 6.07) is 4.20. The van der Waals surface area contributed by atoms with Gasteiger partial charge in [0.1, 0.15) is 0 Å². The van der Waals surface area contributed by atoms with E-state index in [1.807, 2.05) is 0 Å². The molecule has 18 heavy (non-hydrogen) atoms. The summed E-state index contributed by atoms with van der Waals surface area (Å²) in [5.74, 6) is -0.287. The Labute approximate surface area is 108 Å². The molecule has 1 aromatic rings. The molecule has 0 unspecified atom stereocenters. The van der Waals surface area contributed by atoms with Crippen molar-refractivity contribution in [1.29, 1.82) is 0 Å². The van der Waals surface area contributed by atoms with Crippen molar-refractivity contribution in [3.05, 3.63) is 33.3 Å². The Bertz CT molecular complexity index is 488. The lowest BCUT2D eigenvalue weighted by Crippen LogP contribution is -2.30. The van der Waals surface area contributed by atoms with Crippen molar-refractivity contribution < 1.29 is 14.5 Å². The molecule has 1 aliphatic rings. The standard InChI is InChI=1S/C11H11ClN2O4/c12-7-1-4-9(14(16)17)10(5-7)18-6-11(15)13-8-2-3-8/h1,4-5,8H,2-3,6H2,(H,13,15). The fourth-order valence-corrected chi connectivity index (χ4v) is 1.56. The van der Waals surface area contributed by atoms with Gasteiger partial charge in [-0.3, -0.25) is 14.9 Å². The zero-order valence-corrected chi connectivity index (χ0v) is 10.1. The molecule has 6 nitrogen and oxygen atoms in total. The van der Waals surface area contributed by atoms with Crippen molar-refractivity contribution in [3.8, 4) is 5.75 Å². The highest BCUT2D eigenvalue weighted by molar-refractivity contribution is 6.30. The van der Waals surface area contributed by atoms with E-state index < -0.39 is 4.92 Å². The summed E-state index contributed by atoms with van der Waals surface area (Å²) in [6.45, 7) is -0.252. The van der Waals surface area contributed by atoms with Crippen LogP contribution >= 0.6 is 11.6 Å². The van der Waals surface area contributed by atoms with Gasteiger partial charge < -0.3 is 10.1 Å². The average molecular weight is 271 g/mol. The number of nitro benzene ring substituents is 1. The predicted molar refractivity (Wildman–Crippen MR) is 64.8 cm³/mol. The third-order valence-electron chi connectivity index (χ3n) is 2.42. The third-order valence-corrected chi connectivity index (χ3v) is 2.65. The van der Waals surface area contributed by atoms with Gasteiger partial charge in [-0.1, -0.05) is 11.6 Å². The predicted octanol–water partition coefficient (Wildman–Crippen LogP) is 1.91. The summed E-state index contributed by atoms with van der Waals surface area (Å²) in [4.78, 5) is 21.6. The van der Waals surface area contributed by atoms with E-state index in [1.54, 1.807) is 0 Å². The Hall–Kier alpha value is -1.82. The van der Waals surface area contributed by atoms with Crippen LogP contribution in [0.5, 0.6) is 5.75 Å². The fourth-order valence-electron chi connectivity index (χ4n) is 1.39. The first-order chi connectivity index (χ1) is 8.56. The molecule has 0 aliphatic heterocycles. The van der Waals surface area contributed by atoms with Gasteiger partial charge in [0.25, 0.3) is 5.91 Å². The van der Waals surface area contributed by atoms with Crippen molar-refractivity contribution >= 4 is 23.2 Å². The number of carbonyl (C=O) groups is 1. The van der Waals surface area contributed by atoms with E-state index in [9.17, 15) is 14.9 Å². The number of benzene rings is 1. The Morgan fingerprint density at radius 2 is 2.28 bits per heavy atom. The second-order valence-corrected chi connectivity index (χ2v) is 4.44. The van der Waals surface area contributed by atoms with Crippen molar-refractivity contribution in [2.24, 2.45) is 0 Å². The van der Waals surface area contributed by atoms with Crippen molar-refractivity contribution in [2.45, 2.75) is 18.9 Å². The Morgan fingerprint density at radius 3 is 2.89 bits per heavy atom. The first kappa shape index (κ1) is 12.6. The molecule has 0 spiro atoms. The summed E-state index contributed by atoms with van der Waals surface area (Å²) < 4.78 is 5.13. The van der Waals surface area contributed by atoms with Crippen LogP contribution in [-0.2, 0) is 4.79 Å². The van der Waals surface area contributed by atoms with Crippen LogP contribution in [0.1, 0.15) is 12.8 Å². The third kappa shape index (κ3) is 3.33. The number of amides is 1. The Kier molecular flexibility index (Phi) is 3.66. The molecular formula is C11H11ClN2O4. The van der Waals surface area contributed by atoms with Crippen LogP contribution in [0.3, 0.4) is 0 Å². The van der Waals surface area contributed by atoms with E-state index in [4.69, 9.17) is 16.3 Å². The van der Waals surface area contributed by atoms with E-state index in [1.165, 1.54) is 18.2 Å². The molecule has 0 bridgehead atoms. The van der Waals surface area contributed by atoms with Crippen LogP contribution in [0, 0.1) is 10.1 Å². The maximum atomic E-state index is 11.4. The molecule has 0 heterocycles. The van der Waals surface area contributed by atoms with Crippen LogP contribution in [0.15, 0.2) is 18.2 Å². The SMILES string of the molecule is O=C(COc1cc(Cl)ccc1[N+](=O)[O-])NC1CC1. The molecule has 0 aromatic heterocycles. The second-order valence-electron chi connectivity index (χ2n) is 4.00. The van der Waals surface area contributed by atoms with Gasteiger partial charge in [-0.15, -0.1) is 0 Å². The number of nitro groups is 1. The average Bonchev–Trinajstić information content (AvgIpc) is 3.10. The first-order valence-electron chi connectivity index (χ1n) is 5.42. The lowest BCUT2D eigenvalue weighted by molar-refractivity contribution is -0.385. The van der Waals surface area contributed by atoms with E-state index in [0.717, 1.165) is 12.8 Å². The molecule has 0 atom stereocenters. The summed E-state index contributed by atoms with van der Waals surface area (Å²) in [6.07, 6.45) is 1.95. The Balaban J connectivity index is 2.00. The van der Waals surface area contributed by atoms with Crippen LogP contribution in [0.2, 0.25) is 5.02 Å². The molecule has 7 heteroatoms. The van der Waals surface area contributed by atoms with Gasteiger partial charge in [-0.05, 0) is 18.9 Å². The molecule has 0 radical (unpaired) electrons. The molecule has 0 saturated heterocycles. The minimum absolute atomic E-state index is 0.00144. The number of hydrogen-bond donors (Lipinski definition) is 1. The largest absolute Gasteiger partial charge is 0.477 e. The lowest BCUT2D eigenvalue weighted by Gasteiger charge is -2.07. The second kappa shape index (κ2) is 5.22. The molecule has 1 N–H and O–H groups in total. The van der Waals surface area contributed by atoms with Gasteiger partial charge in [0.05, 0.1) is 4.92 Å². The van der Waals surface area contributed by atoms with Gasteiger partial charge in [0, 0.05) is 23.2 Å². The van der Waals surface area contributed by atoms with Gasteiger partial charge in [-0.2, -0.15) is 0 Å². The molecule has 2 rings (SSSR count). The smallest absolute Gasteiger partial charge is 0.311 e. The highest BCUT2D eigenvalue weighted by Crippen LogP contribution is 2.29. The van der Waals surface area contributed by atoms with Crippen LogP contribution < -0.4 is 10.1 Å².